The Morgan fingerprint density at radius 1 is 1.13 bits per heavy atom. The van der Waals surface area contributed by atoms with Crippen molar-refractivity contribution >= 4 is 45.8 Å². The normalized spacial score (nSPS) is 13.5. The first-order valence-electron chi connectivity index (χ1n) is 9.89. The third-order valence-corrected chi connectivity index (χ3v) is 6.11. The Morgan fingerprint density at radius 2 is 1.90 bits per heavy atom. The molecule has 0 unspecified atom stereocenters. The summed E-state index contributed by atoms with van der Waals surface area (Å²) >= 11 is 7.16. The molecule has 0 aromatic carbocycles. The van der Waals surface area contributed by atoms with Gasteiger partial charge in [0.1, 0.15) is 10.2 Å². The van der Waals surface area contributed by atoms with E-state index in [1.165, 1.54) is 29.7 Å². The third kappa shape index (κ3) is 5.58. The molecule has 2 heterocycles. The van der Waals surface area contributed by atoms with Gasteiger partial charge >= 0.3 is 11.9 Å². The largest absolute Gasteiger partial charge is 0.462 e. The topological polar surface area (TPSA) is 94.6 Å². The van der Waals surface area contributed by atoms with Gasteiger partial charge in [-0.15, -0.1) is 11.3 Å². The monoisotopic (exact) mass is 450 g/mol. The molecule has 0 bridgehead atoms. The van der Waals surface area contributed by atoms with Crippen LogP contribution in [0.25, 0.3) is 0 Å². The summed E-state index contributed by atoms with van der Waals surface area (Å²) in [7, 11) is 0. The summed E-state index contributed by atoms with van der Waals surface area (Å²) in [6, 6.07) is 2.81. The van der Waals surface area contributed by atoms with Crippen LogP contribution < -0.4 is 5.32 Å². The fourth-order valence-corrected chi connectivity index (χ4v) is 4.80. The number of amides is 1. The summed E-state index contributed by atoms with van der Waals surface area (Å²) in [6.07, 6.45) is 7.36. The highest BCUT2D eigenvalue weighted by molar-refractivity contribution is 7.17. The van der Waals surface area contributed by atoms with Gasteiger partial charge in [0.05, 0.1) is 17.7 Å². The van der Waals surface area contributed by atoms with E-state index in [-0.39, 0.29) is 17.3 Å². The van der Waals surface area contributed by atoms with Gasteiger partial charge in [-0.25, -0.2) is 14.6 Å². The number of esters is 2. The second kappa shape index (κ2) is 10.5. The van der Waals surface area contributed by atoms with Crippen LogP contribution in [0.2, 0.25) is 5.15 Å². The molecular formula is C21H23ClN2O5S. The number of pyridine rings is 1. The number of aromatic nitrogens is 1. The molecule has 2 aromatic rings. The van der Waals surface area contributed by atoms with Crippen LogP contribution in [0.1, 0.15) is 63.8 Å². The van der Waals surface area contributed by atoms with Crippen molar-refractivity contribution < 1.29 is 23.9 Å². The fourth-order valence-electron chi connectivity index (χ4n) is 3.33. The number of anilines is 1. The molecule has 0 atom stereocenters. The Kier molecular flexibility index (Phi) is 7.81. The predicted octanol–water partition coefficient (Wildman–Crippen LogP) is 4.43. The first-order valence-corrected chi connectivity index (χ1v) is 11.1. The summed E-state index contributed by atoms with van der Waals surface area (Å²) < 4.78 is 10.3. The molecule has 30 heavy (non-hydrogen) atoms. The number of fused-ring (bicyclic) bond motifs is 1. The lowest BCUT2D eigenvalue weighted by Gasteiger charge is -2.11. The van der Waals surface area contributed by atoms with Crippen molar-refractivity contribution in [2.75, 3.05) is 18.5 Å². The smallest absolute Gasteiger partial charge is 0.341 e. The number of carbonyl (C=O) groups is 3. The van der Waals surface area contributed by atoms with Gasteiger partial charge in [0.15, 0.2) is 6.61 Å². The molecular weight excluding hydrogens is 428 g/mol. The van der Waals surface area contributed by atoms with E-state index < -0.39 is 24.5 Å². The highest BCUT2D eigenvalue weighted by Gasteiger charge is 2.26. The second-order valence-corrected chi connectivity index (χ2v) is 8.33. The van der Waals surface area contributed by atoms with Crippen LogP contribution in [0, 0.1) is 0 Å². The molecule has 1 aliphatic rings. The zero-order chi connectivity index (χ0) is 21.5. The molecule has 0 fully saturated rings. The molecule has 7 nitrogen and oxygen atoms in total. The number of hydrogen-bond donors (Lipinski definition) is 1. The van der Waals surface area contributed by atoms with Gasteiger partial charge < -0.3 is 14.8 Å². The van der Waals surface area contributed by atoms with Crippen LogP contribution in [-0.2, 0) is 27.1 Å². The zero-order valence-corrected chi connectivity index (χ0v) is 18.2. The second-order valence-electron chi connectivity index (χ2n) is 6.83. The molecule has 1 amide bonds. The predicted molar refractivity (Wildman–Crippen MR) is 114 cm³/mol. The number of thiophene rings is 1. The zero-order valence-electron chi connectivity index (χ0n) is 16.7. The molecule has 1 N–H and O–H groups in total. The first kappa shape index (κ1) is 22.2. The van der Waals surface area contributed by atoms with E-state index >= 15 is 0 Å². The van der Waals surface area contributed by atoms with Gasteiger partial charge in [-0.2, -0.15) is 0 Å². The van der Waals surface area contributed by atoms with Gasteiger partial charge in [0.2, 0.25) is 0 Å². The van der Waals surface area contributed by atoms with Crippen LogP contribution in [0.15, 0.2) is 18.3 Å². The average molecular weight is 451 g/mol. The van der Waals surface area contributed by atoms with Crippen molar-refractivity contribution in [3.63, 3.8) is 0 Å². The summed E-state index contributed by atoms with van der Waals surface area (Å²) in [5.41, 5.74) is 1.60. The Labute approximate surface area is 183 Å². The van der Waals surface area contributed by atoms with Crippen molar-refractivity contribution in [3.8, 4) is 0 Å². The van der Waals surface area contributed by atoms with E-state index in [0.717, 1.165) is 49.0 Å². The van der Waals surface area contributed by atoms with Gasteiger partial charge in [-0.1, -0.05) is 24.4 Å². The minimum Gasteiger partial charge on any atom is -0.462 e. The summed E-state index contributed by atoms with van der Waals surface area (Å²) in [4.78, 5) is 42.0. The summed E-state index contributed by atoms with van der Waals surface area (Å²) in [6.45, 7) is 1.52. The lowest BCUT2D eigenvalue weighted by Crippen LogP contribution is -2.22. The van der Waals surface area contributed by atoms with Crippen molar-refractivity contribution in [1.82, 2.24) is 4.98 Å². The lowest BCUT2D eigenvalue weighted by atomic mass is 9.96. The number of nitrogens with zero attached hydrogens (tertiary/aromatic N) is 1. The first-order chi connectivity index (χ1) is 14.5. The summed E-state index contributed by atoms with van der Waals surface area (Å²) in [5.74, 6) is -1.64. The van der Waals surface area contributed by atoms with E-state index in [1.807, 2.05) is 0 Å². The molecule has 0 spiro atoms. The highest BCUT2D eigenvalue weighted by Crippen LogP contribution is 2.37. The summed E-state index contributed by atoms with van der Waals surface area (Å²) in [5, 5.41) is 3.34. The Hall–Kier alpha value is -2.45. The van der Waals surface area contributed by atoms with Gasteiger partial charge in [0, 0.05) is 11.1 Å². The maximum Gasteiger partial charge on any atom is 0.341 e. The molecule has 1 aliphatic carbocycles. The van der Waals surface area contributed by atoms with Crippen molar-refractivity contribution in [1.29, 1.82) is 0 Å². The third-order valence-electron chi connectivity index (χ3n) is 4.70. The van der Waals surface area contributed by atoms with Crippen LogP contribution in [0.3, 0.4) is 0 Å². The van der Waals surface area contributed by atoms with Crippen LogP contribution >= 0.6 is 22.9 Å². The molecule has 3 rings (SSSR count). The number of aryl methyl sites for hydroxylation is 1. The maximum absolute atomic E-state index is 12.6. The lowest BCUT2D eigenvalue weighted by molar-refractivity contribution is -0.119. The Balaban J connectivity index is 1.72. The van der Waals surface area contributed by atoms with E-state index in [9.17, 15) is 14.4 Å². The molecule has 160 valence electrons. The minimum atomic E-state index is -0.682. The van der Waals surface area contributed by atoms with Crippen LogP contribution in [0.4, 0.5) is 5.00 Å². The molecule has 9 heteroatoms. The van der Waals surface area contributed by atoms with E-state index in [2.05, 4.69) is 10.3 Å². The standard InChI is InChI=1S/C21H23ClN2O5S/c1-2-28-21(27)18-14-7-5-3-4-6-8-15(14)30-19(18)24-17(25)12-29-20(26)13-9-10-23-16(22)11-13/h9-11H,2-8,12H2,1H3,(H,24,25). The molecule has 0 aliphatic heterocycles. The van der Waals surface area contributed by atoms with Crippen molar-refractivity contribution in [3.05, 3.63) is 45.1 Å². The SMILES string of the molecule is CCOC(=O)c1c(NC(=O)COC(=O)c2ccnc(Cl)c2)sc2c1CCCCCC2. The van der Waals surface area contributed by atoms with Crippen LogP contribution in [-0.4, -0.2) is 36.0 Å². The molecule has 0 saturated carbocycles. The van der Waals surface area contributed by atoms with Gasteiger partial charge in [0.25, 0.3) is 5.91 Å². The average Bonchev–Trinajstić information content (AvgIpc) is 3.02. The van der Waals surface area contributed by atoms with E-state index in [1.54, 1.807) is 6.92 Å². The maximum atomic E-state index is 12.6. The van der Waals surface area contributed by atoms with Crippen molar-refractivity contribution in [2.24, 2.45) is 0 Å². The number of halogens is 1. The number of hydrogen-bond acceptors (Lipinski definition) is 7. The number of rotatable bonds is 6. The minimum absolute atomic E-state index is 0.156. The molecule has 0 radical (unpaired) electrons. The number of nitrogens with one attached hydrogen (secondary N) is 1. The number of carbonyl (C=O) groups excluding carboxylic acids is 3. The quantitative estimate of drug-likeness (QED) is 0.516. The number of ether oxygens (including phenoxy) is 2. The van der Waals surface area contributed by atoms with Gasteiger partial charge in [-0.3, -0.25) is 4.79 Å². The van der Waals surface area contributed by atoms with Gasteiger partial charge in [-0.05, 0) is 50.3 Å². The van der Waals surface area contributed by atoms with Crippen molar-refractivity contribution in [2.45, 2.75) is 45.4 Å². The van der Waals surface area contributed by atoms with Crippen LogP contribution in [0.5, 0.6) is 0 Å². The molecule has 0 saturated heterocycles. The fraction of sp³-hybridized carbons (Fsp3) is 0.429. The Morgan fingerprint density at radius 3 is 2.63 bits per heavy atom. The molecule has 2 aromatic heterocycles. The Bertz CT molecular complexity index is 943. The van der Waals surface area contributed by atoms with E-state index in [0.29, 0.717) is 10.6 Å². The van der Waals surface area contributed by atoms with E-state index in [4.69, 9.17) is 21.1 Å². The highest BCUT2D eigenvalue weighted by atomic mass is 35.5.